The molecule has 0 radical (unpaired) electrons. The SMILES string of the molecule is CCOC(=O)NC(=O)COC(=O)c1ccc(F)cc1N. The minimum Gasteiger partial charge on any atom is -0.452 e. The Kier molecular flexibility index (Phi) is 5.45. The highest BCUT2D eigenvalue weighted by molar-refractivity contribution is 5.97. The van der Waals surface area contributed by atoms with Gasteiger partial charge in [-0.15, -0.1) is 0 Å². The molecule has 1 aromatic rings. The maximum absolute atomic E-state index is 12.8. The standard InChI is InChI=1S/C12H13FN2O5/c1-2-19-12(18)15-10(16)6-20-11(17)8-4-3-7(13)5-9(8)14/h3-5H,2,6,14H2,1H3,(H,15,16,18). The second-order valence-electron chi connectivity index (χ2n) is 3.58. The van der Waals surface area contributed by atoms with Gasteiger partial charge >= 0.3 is 12.1 Å². The molecule has 0 unspecified atom stereocenters. The lowest BCUT2D eigenvalue weighted by Gasteiger charge is -2.07. The highest BCUT2D eigenvalue weighted by atomic mass is 19.1. The molecule has 108 valence electrons. The molecule has 0 saturated heterocycles. The summed E-state index contributed by atoms with van der Waals surface area (Å²) in [5, 5.41) is 1.84. The minimum atomic E-state index is -0.935. The lowest BCUT2D eigenvalue weighted by molar-refractivity contribution is -0.123. The van der Waals surface area contributed by atoms with Crippen LogP contribution in [0.4, 0.5) is 14.9 Å². The second kappa shape index (κ2) is 7.07. The van der Waals surface area contributed by atoms with Gasteiger partial charge in [-0.05, 0) is 25.1 Å². The molecule has 0 aromatic heterocycles. The number of hydrogen-bond donors (Lipinski definition) is 2. The molecule has 20 heavy (non-hydrogen) atoms. The molecule has 0 spiro atoms. The summed E-state index contributed by atoms with van der Waals surface area (Å²) in [6.45, 7) is 0.987. The van der Waals surface area contributed by atoms with Gasteiger partial charge in [-0.25, -0.2) is 14.0 Å². The maximum Gasteiger partial charge on any atom is 0.413 e. The molecule has 0 heterocycles. The number of esters is 1. The number of nitrogen functional groups attached to an aromatic ring is 1. The zero-order valence-electron chi connectivity index (χ0n) is 10.6. The van der Waals surface area contributed by atoms with Crippen molar-refractivity contribution in [1.82, 2.24) is 5.32 Å². The van der Waals surface area contributed by atoms with Crippen molar-refractivity contribution in [3.8, 4) is 0 Å². The smallest absolute Gasteiger partial charge is 0.413 e. The minimum absolute atomic E-state index is 0.0738. The Labute approximate surface area is 113 Å². The fraction of sp³-hybridized carbons (Fsp3) is 0.250. The number of benzene rings is 1. The number of nitrogens with one attached hydrogen (secondary N) is 1. The maximum atomic E-state index is 12.8. The number of imide groups is 1. The van der Waals surface area contributed by atoms with Crippen molar-refractivity contribution in [2.75, 3.05) is 18.9 Å². The van der Waals surface area contributed by atoms with Crippen molar-refractivity contribution in [2.24, 2.45) is 0 Å². The molecule has 2 amide bonds. The third kappa shape index (κ3) is 4.56. The van der Waals surface area contributed by atoms with E-state index in [0.717, 1.165) is 18.2 Å². The number of carbonyl (C=O) groups excluding carboxylic acids is 3. The summed E-state index contributed by atoms with van der Waals surface area (Å²) in [7, 11) is 0. The van der Waals surface area contributed by atoms with E-state index in [2.05, 4.69) is 9.47 Å². The van der Waals surface area contributed by atoms with E-state index in [1.807, 2.05) is 5.32 Å². The van der Waals surface area contributed by atoms with Crippen LogP contribution in [0.3, 0.4) is 0 Å². The molecule has 8 heteroatoms. The second-order valence-corrected chi connectivity index (χ2v) is 3.58. The summed E-state index contributed by atoms with van der Waals surface area (Å²) in [5.41, 5.74) is 5.25. The summed E-state index contributed by atoms with van der Waals surface area (Å²) in [6.07, 6.45) is -0.935. The Morgan fingerprint density at radius 3 is 2.60 bits per heavy atom. The third-order valence-corrected chi connectivity index (χ3v) is 2.08. The molecule has 0 aliphatic rings. The summed E-state index contributed by atoms with van der Waals surface area (Å²) in [5.74, 6) is -2.35. The van der Waals surface area contributed by atoms with Gasteiger partial charge in [-0.3, -0.25) is 10.1 Å². The third-order valence-electron chi connectivity index (χ3n) is 2.08. The summed E-state index contributed by atoms with van der Waals surface area (Å²) >= 11 is 0. The predicted molar refractivity (Wildman–Crippen MR) is 66.3 cm³/mol. The number of amides is 2. The first kappa shape index (κ1) is 15.4. The van der Waals surface area contributed by atoms with Gasteiger partial charge in [0.1, 0.15) is 5.82 Å². The molecule has 0 bridgehead atoms. The average molecular weight is 284 g/mol. The van der Waals surface area contributed by atoms with Crippen LogP contribution in [-0.4, -0.2) is 31.2 Å². The molecule has 3 N–H and O–H groups in total. The van der Waals surface area contributed by atoms with Gasteiger partial charge in [0.15, 0.2) is 6.61 Å². The highest BCUT2D eigenvalue weighted by Gasteiger charge is 2.15. The van der Waals surface area contributed by atoms with Crippen LogP contribution in [0.25, 0.3) is 0 Å². The Hall–Kier alpha value is -2.64. The van der Waals surface area contributed by atoms with Crippen LogP contribution in [0.5, 0.6) is 0 Å². The van der Waals surface area contributed by atoms with Crippen molar-refractivity contribution in [3.63, 3.8) is 0 Å². The number of halogens is 1. The van der Waals surface area contributed by atoms with Crippen LogP contribution in [0.15, 0.2) is 18.2 Å². The normalized spacial score (nSPS) is 9.70. The lowest BCUT2D eigenvalue weighted by atomic mass is 10.2. The van der Waals surface area contributed by atoms with Crippen LogP contribution in [0.1, 0.15) is 17.3 Å². The summed E-state index contributed by atoms with van der Waals surface area (Å²) in [6, 6.07) is 3.12. The molecule has 1 aromatic carbocycles. The van der Waals surface area contributed by atoms with Crippen molar-refractivity contribution >= 4 is 23.7 Å². The molecule has 0 saturated carbocycles. The first-order valence-electron chi connectivity index (χ1n) is 5.62. The Bertz CT molecular complexity index is 533. The van der Waals surface area contributed by atoms with Crippen LogP contribution in [0, 0.1) is 5.82 Å². The molecule has 0 aliphatic heterocycles. The van der Waals surface area contributed by atoms with Crippen LogP contribution >= 0.6 is 0 Å². The Balaban J connectivity index is 2.51. The Morgan fingerprint density at radius 2 is 2.00 bits per heavy atom. The number of nitrogens with two attached hydrogens (primary N) is 1. The van der Waals surface area contributed by atoms with Crippen molar-refractivity contribution in [3.05, 3.63) is 29.6 Å². The van der Waals surface area contributed by atoms with Gasteiger partial charge in [-0.2, -0.15) is 0 Å². The molecule has 0 atom stereocenters. The number of rotatable bonds is 4. The zero-order valence-corrected chi connectivity index (χ0v) is 10.6. The van der Waals surface area contributed by atoms with E-state index in [1.54, 1.807) is 6.92 Å². The van der Waals surface area contributed by atoms with Crippen LogP contribution in [-0.2, 0) is 14.3 Å². The number of carbonyl (C=O) groups is 3. The van der Waals surface area contributed by atoms with Crippen molar-refractivity contribution in [1.29, 1.82) is 0 Å². The predicted octanol–water partition coefficient (Wildman–Crippen LogP) is 0.837. The van der Waals surface area contributed by atoms with E-state index < -0.39 is 30.4 Å². The molecule has 7 nitrogen and oxygen atoms in total. The van der Waals surface area contributed by atoms with E-state index in [1.165, 1.54) is 0 Å². The van der Waals surface area contributed by atoms with Gasteiger partial charge in [0, 0.05) is 5.69 Å². The van der Waals surface area contributed by atoms with E-state index in [4.69, 9.17) is 5.73 Å². The molecular formula is C12H13FN2O5. The average Bonchev–Trinajstić information content (AvgIpc) is 2.36. The molecule has 1 rings (SSSR count). The molecular weight excluding hydrogens is 271 g/mol. The molecule has 0 aliphatic carbocycles. The fourth-order valence-electron chi connectivity index (χ4n) is 1.25. The number of anilines is 1. The van der Waals surface area contributed by atoms with Gasteiger partial charge < -0.3 is 15.2 Å². The first-order valence-corrected chi connectivity index (χ1v) is 5.62. The zero-order chi connectivity index (χ0) is 15.1. The van der Waals surface area contributed by atoms with Crippen LogP contribution in [0.2, 0.25) is 0 Å². The monoisotopic (exact) mass is 284 g/mol. The Morgan fingerprint density at radius 1 is 1.30 bits per heavy atom. The number of alkyl carbamates (subject to hydrolysis) is 1. The summed E-state index contributed by atoms with van der Waals surface area (Å²) < 4.78 is 21.9. The largest absolute Gasteiger partial charge is 0.452 e. The van der Waals surface area contributed by atoms with E-state index in [9.17, 15) is 18.8 Å². The molecule has 0 fully saturated rings. The fourth-order valence-corrected chi connectivity index (χ4v) is 1.25. The van der Waals surface area contributed by atoms with E-state index in [0.29, 0.717) is 0 Å². The van der Waals surface area contributed by atoms with Gasteiger partial charge in [0.05, 0.1) is 12.2 Å². The van der Waals surface area contributed by atoms with Gasteiger partial charge in [0.2, 0.25) is 0 Å². The highest BCUT2D eigenvalue weighted by Crippen LogP contribution is 2.14. The van der Waals surface area contributed by atoms with Gasteiger partial charge in [0.25, 0.3) is 5.91 Å². The first-order chi connectivity index (χ1) is 9.43. The van der Waals surface area contributed by atoms with E-state index in [-0.39, 0.29) is 17.9 Å². The lowest BCUT2D eigenvalue weighted by Crippen LogP contribution is -2.34. The van der Waals surface area contributed by atoms with Crippen LogP contribution < -0.4 is 11.1 Å². The topological polar surface area (TPSA) is 108 Å². The number of ether oxygens (including phenoxy) is 2. The summed E-state index contributed by atoms with van der Waals surface area (Å²) in [4.78, 5) is 33.7. The van der Waals surface area contributed by atoms with Gasteiger partial charge in [-0.1, -0.05) is 0 Å². The van der Waals surface area contributed by atoms with Crippen molar-refractivity contribution in [2.45, 2.75) is 6.92 Å². The number of hydrogen-bond acceptors (Lipinski definition) is 6. The quantitative estimate of drug-likeness (QED) is 0.626. The van der Waals surface area contributed by atoms with Crippen molar-refractivity contribution < 1.29 is 28.2 Å². The van der Waals surface area contributed by atoms with E-state index >= 15 is 0 Å².